The van der Waals surface area contributed by atoms with Crippen molar-refractivity contribution in [2.24, 2.45) is 5.73 Å². The molecule has 1 saturated heterocycles. The number of likely N-dealkylation sites (tertiary alicyclic amines) is 1. The molecule has 7 heteroatoms. The monoisotopic (exact) mass is 266 g/mol. The van der Waals surface area contributed by atoms with Gasteiger partial charge < -0.3 is 26.0 Å². The molecule has 0 saturated carbocycles. The second-order valence-electron chi connectivity index (χ2n) is 4.68. The van der Waals surface area contributed by atoms with Gasteiger partial charge in [-0.05, 0) is 18.6 Å². The normalized spacial score (nSPS) is 22.5. The highest BCUT2D eigenvalue weighted by atomic mass is 16.4. The minimum Gasteiger partial charge on any atom is -0.508 e. The summed E-state index contributed by atoms with van der Waals surface area (Å²) in [5.41, 5.74) is 4.33. The molecule has 1 amide bonds. The van der Waals surface area contributed by atoms with Gasteiger partial charge in [0.1, 0.15) is 17.0 Å². The summed E-state index contributed by atoms with van der Waals surface area (Å²) < 4.78 is 0. The number of carboxylic acid groups (broad SMARTS) is 1. The van der Waals surface area contributed by atoms with Crippen LogP contribution < -0.4 is 5.73 Å². The van der Waals surface area contributed by atoms with Gasteiger partial charge in [-0.3, -0.25) is 9.59 Å². The van der Waals surface area contributed by atoms with Gasteiger partial charge in [-0.2, -0.15) is 0 Å². The molecule has 102 valence electrons. The first-order chi connectivity index (χ1) is 8.82. The number of carbonyl (C=O) groups is 2. The third-order valence-corrected chi connectivity index (χ3v) is 3.16. The van der Waals surface area contributed by atoms with Crippen LogP contribution in [0.5, 0.6) is 11.5 Å². The van der Waals surface area contributed by atoms with Gasteiger partial charge in [-0.1, -0.05) is 0 Å². The van der Waals surface area contributed by atoms with Crippen LogP contribution in [0.15, 0.2) is 18.2 Å². The number of aliphatic carboxylic acids is 1. The second-order valence-corrected chi connectivity index (χ2v) is 4.68. The van der Waals surface area contributed by atoms with E-state index in [4.69, 9.17) is 10.8 Å². The maximum atomic E-state index is 12.1. The molecule has 0 aromatic heterocycles. The Morgan fingerprint density at radius 3 is 2.26 bits per heavy atom. The first-order valence-corrected chi connectivity index (χ1v) is 5.66. The molecule has 0 spiro atoms. The number of aromatic hydroxyl groups is 2. The van der Waals surface area contributed by atoms with Crippen LogP contribution in [0, 0.1) is 0 Å². The Bertz CT molecular complexity index is 525. The largest absolute Gasteiger partial charge is 0.508 e. The zero-order chi connectivity index (χ0) is 14.2. The lowest BCUT2D eigenvalue weighted by Gasteiger charge is -2.20. The summed E-state index contributed by atoms with van der Waals surface area (Å²) in [6, 6.07) is 3.52. The van der Waals surface area contributed by atoms with E-state index >= 15 is 0 Å². The summed E-state index contributed by atoms with van der Waals surface area (Å²) in [6.45, 7) is 0.121. The fourth-order valence-electron chi connectivity index (χ4n) is 2.08. The Kier molecular flexibility index (Phi) is 3.07. The number of nitrogens with zero attached hydrogens (tertiary/aromatic N) is 1. The van der Waals surface area contributed by atoms with Crippen molar-refractivity contribution in [3.05, 3.63) is 23.8 Å². The van der Waals surface area contributed by atoms with Gasteiger partial charge >= 0.3 is 5.97 Å². The number of benzene rings is 1. The van der Waals surface area contributed by atoms with E-state index in [1.807, 2.05) is 0 Å². The Morgan fingerprint density at radius 2 is 1.79 bits per heavy atom. The van der Waals surface area contributed by atoms with Crippen molar-refractivity contribution < 1.29 is 24.9 Å². The smallest absolute Gasteiger partial charge is 0.325 e. The number of carbonyl (C=O) groups excluding carboxylic acids is 1. The molecule has 0 bridgehead atoms. The highest BCUT2D eigenvalue weighted by Crippen LogP contribution is 2.25. The molecular formula is C12H14N2O5. The maximum absolute atomic E-state index is 12.1. The fourth-order valence-corrected chi connectivity index (χ4v) is 2.08. The van der Waals surface area contributed by atoms with E-state index in [1.54, 1.807) is 0 Å². The number of amides is 1. The van der Waals surface area contributed by atoms with Crippen molar-refractivity contribution in [3.8, 4) is 11.5 Å². The Balaban J connectivity index is 2.20. The molecule has 19 heavy (non-hydrogen) atoms. The van der Waals surface area contributed by atoms with E-state index in [1.165, 1.54) is 17.0 Å². The molecule has 1 aromatic carbocycles. The average molecular weight is 266 g/mol. The molecular weight excluding hydrogens is 252 g/mol. The Labute approximate surface area is 108 Å². The lowest BCUT2D eigenvalue weighted by atomic mass is 10.0. The van der Waals surface area contributed by atoms with Crippen LogP contribution in [0.1, 0.15) is 16.8 Å². The molecule has 1 aliphatic rings. The summed E-state index contributed by atoms with van der Waals surface area (Å²) in [5.74, 6) is -2.10. The number of phenols is 2. The van der Waals surface area contributed by atoms with Crippen molar-refractivity contribution in [1.82, 2.24) is 4.90 Å². The summed E-state index contributed by atoms with van der Waals surface area (Å²) in [4.78, 5) is 24.4. The highest BCUT2D eigenvalue weighted by Gasteiger charge is 2.43. The van der Waals surface area contributed by atoms with Gasteiger partial charge in [0, 0.05) is 24.7 Å². The lowest BCUT2D eigenvalue weighted by Crippen LogP contribution is -2.50. The summed E-state index contributed by atoms with van der Waals surface area (Å²) >= 11 is 0. The molecule has 1 aliphatic heterocycles. The molecule has 1 atom stereocenters. The van der Waals surface area contributed by atoms with Crippen molar-refractivity contribution in [2.75, 3.05) is 13.1 Å². The number of hydrogen-bond donors (Lipinski definition) is 4. The number of rotatable bonds is 2. The predicted molar refractivity (Wildman–Crippen MR) is 64.8 cm³/mol. The second kappa shape index (κ2) is 4.43. The topological polar surface area (TPSA) is 124 Å². The first-order valence-electron chi connectivity index (χ1n) is 5.66. The van der Waals surface area contributed by atoms with Gasteiger partial charge in [0.25, 0.3) is 5.91 Å². The van der Waals surface area contributed by atoms with Gasteiger partial charge in [-0.15, -0.1) is 0 Å². The van der Waals surface area contributed by atoms with Crippen molar-refractivity contribution in [3.63, 3.8) is 0 Å². The van der Waals surface area contributed by atoms with Crippen LogP contribution in [0.4, 0.5) is 0 Å². The molecule has 0 aliphatic carbocycles. The summed E-state index contributed by atoms with van der Waals surface area (Å²) in [6.07, 6.45) is 0.166. The molecule has 0 radical (unpaired) electrons. The van der Waals surface area contributed by atoms with E-state index in [-0.39, 0.29) is 36.6 Å². The molecule has 1 unspecified atom stereocenters. The maximum Gasteiger partial charge on any atom is 0.325 e. The number of nitrogens with two attached hydrogens (primary N) is 1. The lowest BCUT2D eigenvalue weighted by molar-refractivity contribution is -0.142. The van der Waals surface area contributed by atoms with Gasteiger partial charge in [0.2, 0.25) is 0 Å². The van der Waals surface area contributed by atoms with Crippen molar-refractivity contribution >= 4 is 11.9 Å². The van der Waals surface area contributed by atoms with Crippen LogP contribution in [0.25, 0.3) is 0 Å². The minimum absolute atomic E-state index is 0.0899. The number of phenolic OH excluding ortho intramolecular Hbond substituents is 2. The Morgan fingerprint density at radius 1 is 1.21 bits per heavy atom. The van der Waals surface area contributed by atoms with Crippen molar-refractivity contribution in [2.45, 2.75) is 12.0 Å². The number of carboxylic acids is 1. The van der Waals surface area contributed by atoms with Crippen LogP contribution in [-0.4, -0.2) is 50.7 Å². The molecule has 1 fully saturated rings. The van der Waals surface area contributed by atoms with Crippen molar-refractivity contribution in [1.29, 1.82) is 0 Å². The zero-order valence-corrected chi connectivity index (χ0v) is 10.0. The first kappa shape index (κ1) is 13.2. The average Bonchev–Trinajstić information content (AvgIpc) is 2.71. The zero-order valence-electron chi connectivity index (χ0n) is 10.0. The number of hydrogen-bond acceptors (Lipinski definition) is 5. The molecule has 1 aromatic rings. The SMILES string of the molecule is NC1(C(=O)O)CCN(C(=O)c2cc(O)cc(O)c2)C1. The highest BCUT2D eigenvalue weighted by molar-refractivity contribution is 5.96. The van der Waals surface area contributed by atoms with E-state index in [2.05, 4.69) is 0 Å². The van der Waals surface area contributed by atoms with Gasteiger partial charge in [0.15, 0.2) is 0 Å². The summed E-state index contributed by atoms with van der Waals surface area (Å²) in [5, 5.41) is 27.6. The third-order valence-electron chi connectivity index (χ3n) is 3.16. The van der Waals surface area contributed by atoms with E-state index in [9.17, 15) is 19.8 Å². The molecule has 1 heterocycles. The standard InChI is InChI=1S/C12H14N2O5/c13-12(11(18)19)1-2-14(6-12)10(17)7-3-8(15)5-9(16)4-7/h3-5,15-16H,1-2,6,13H2,(H,18,19). The van der Waals surface area contributed by atoms with Crippen LogP contribution in [-0.2, 0) is 4.79 Å². The Hall–Kier alpha value is -2.28. The molecule has 2 rings (SSSR count). The quantitative estimate of drug-likeness (QED) is 0.584. The van der Waals surface area contributed by atoms with Gasteiger partial charge in [-0.25, -0.2) is 0 Å². The third kappa shape index (κ3) is 2.45. The van der Waals surface area contributed by atoms with Crippen LogP contribution >= 0.6 is 0 Å². The summed E-state index contributed by atoms with van der Waals surface area (Å²) in [7, 11) is 0. The van der Waals surface area contributed by atoms with Crippen LogP contribution in [0.3, 0.4) is 0 Å². The molecule has 5 N–H and O–H groups in total. The predicted octanol–water partition coefficient (Wildman–Crippen LogP) is -0.274. The van der Waals surface area contributed by atoms with Crippen LogP contribution in [0.2, 0.25) is 0 Å². The van der Waals surface area contributed by atoms with E-state index in [0.717, 1.165) is 6.07 Å². The van der Waals surface area contributed by atoms with Gasteiger partial charge in [0.05, 0.1) is 0 Å². The van der Waals surface area contributed by atoms with E-state index in [0.29, 0.717) is 0 Å². The minimum atomic E-state index is -1.44. The fraction of sp³-hybridized carbons (Fsp3) is 0.333. The van der Waals surface area contributed by atoms with E-state index < -0.39 is 17.4 Å². The molecule has 7 nitrogen and oxygen atoms in total.